The Kier molecular flexibility index (Phi) is 7.27. The van der Waals surface area contributed by atoms with Gasteiger partial charge in [-0.15, -0.1) is 0 Å². The summed E-state index contributed by atoms with van der Waals surface area (Å²) in [7, 11) is 2.81. The van der Waals surface area contributed by atoms with Crippen molar-refractivity contribution in [2.24, 2.45) is 5.92 Å². The first kappa shape index (κ1) is 25.0. The Morgan fingerprint density at radius 2 is 2.00 bits per heavy atom. The third-order valence-corrected chi connectivity index (χ3v) is 7.33. The first-order valence-corrected chi connectivity index (χ1v) is 12.7. The van der Waals surface area contributed by atoms with E-state index in [0.29, 0.717) is 43.3 Å². The molecule has 1 amide bonds. The minimum absolute atomic E-state index is 0.0359. The van der Waals surface area contributed by atoms with Crippen LogP contribution in [0.4, 0.5) is 16.2 Å². The van der Waals surface area contributed by atoms with Crippen molar-refractivity contribution < 1.29 is 18.7 Å². The number of rotatable bonds is 6. The van der Waals surface area contributed by atoms with Gasteiger partial charge in [0.15, 0.2) is 17.3 Å². The van der Waals surface area contributed by atoms with Crippen LogP contribution in [0.5, 0.6) is 11.5 Å². The highest BCUT2D eigenvalue weighted by Gasteiger charge is 2.34. The summed E-state index contributed by atoms with van der Waals surface area (Å²) in [6.07, 6.45) is 2.72. The maximum absolute atomic E-state index is 15.4. The molecule has 2 saturated heterocycles. The van der Waals surface area contributed by atoms with E-state index in [1.165, 1.54) is 14.2 Å². The number of halogens is 1. The zero-order chi connectivity index (χ0) is 25.9. The van der Waals surface area contributed by atoms with Gasteiger partial charge >= 0.3 is 0 Å². The molecule has 2 atom stereocenters. The van der Waals surface area contributed by atoms with Gasteiger partial charge in [0.05, 0.1) is 20.3 Å². The number of piperidine rings is 1. The number of hydrogen-bond donors (Lipinski definition) is 2. The van der Waals surface area contributed by atoms with Gasteiger partial charge in [-0.05, 0) is 43.5 Å². The topological polar surface area (TPSA) is 106 Å². The molecule has 0 radical (unpaired) electrons. The van der Waals surface area contributed by atoms with Crippen molar-refractivity contribution >= 4 is 28.6 Å². The van der Waals surface area contributed by atoms with E-state index in [2.05, 4.69) is 15.3 Å². The summed E-state index contributed by atoms with van der Waals surface area (Å²) >= 11 is 0. The van der Waals surface area contributed by atoms with Crippen LogP contribution in [-0.4, -0.2) is 67.7 Å². The first-order valence-electron chi connectivity index (χ1n) is 12.7. The number of anilines is 2. The van der Waals surface area contributed by atoms with Crippen molar-refractivity contribution in [3.8, 4) is 11.5 Å². The van der Waals surface area contributed by atoms with Crippen molar-refractivity contribution in [2.45, 2.75) is 25.3 Å². The Morgan fingerprint density at radius 1 is 1.19 bits per heavy atom. The molecule has 2 aromatic carbocycles. The van der Waals surface area contributed by atoms with Crippen LogP contribution in [0.25, 0.3) is 10.9 Å². The van der Waals surface area contributed by atoms with Crippen LogP contribution in [0.1, 0.15) is 30.9 Å². The van der Waals surface area contributed by atoms with Gasteiger partial charge in [0.2, 0.25) is 11.9 Å². The highest BCUT2D eigenvalue weighted by molar-refractivity contribution is 5.92. The Bertz CT molecular complexity index is 1270. The summed E-state index contributed by atoms with van der Waals surface area (Å²) in [5.41, 5.74) is 7.39. The van der Waals surface area contributed by atoms with Gasteiger partial charge in [-0.25, -0.2) is 9.37 Å². The molecule has 2 fully saturated rings. The highest BCUT2D eigenvalue weighted by Crippen LogP contribution is 2.39. The number of hydrogen-bond acceptors (Lipinski definition) is 8. The van der Waals surface area contributed by atoms with E-state index in [0.717, 1.165) is 31.5 Å². The standard InChI is InChI=1S/C27H33FN6O3/c1-36-21-14-19-24(23(28)25(21)37-2)31-27(32-26(19)29)34-12-11-33(16-20(34)18-8-4-3-5-9-18)22(35)13-17-7-6-10-30-15-17/h3-5,8-9,14,17,20,30H,6-7,10-13,15-16H2,1-2H3,(H2,29,31,32)/t17-,20+/m0/s1. The smallest absolute Gasteiger partial charge is 0.228 e. The molecule has 0 aliphatic carbocycles. The van der Waals surface area contributed by atoms with Gasteiger partial charge in [0.25, 0.3) is 0 Å². The van der Waals surface area contributed by atoms with Crippen LogP contribution in [0.15, 0.2) is 36.4 Å². The Hall–Kier alpha value is -3.66. The minimum atomic E-state index is -0.654. The predicted molar refractivity (Wildman–Crippen MR) is 140 cm³/mol. The third kappa shape index (κ3) is 4.98. The number of aromatic nitrogens is 2. The highest BCUT2D eigenvalue weighted by atomic mass is 19.1. The Morgan fingerprint density at radius 3 is 2.70 bits per heavy atom. The van der Waals surface area contributed by atoms with Crippen molar-refractivity contribution in [1.29, 1.82) is 0 Å². The number of carbonyl (C=O) groups excluding carboxylic acids is 1. The second-order valence-electron chi connectivity index (χ2n) is 9.61. The number of nitrogen functional groups attached to an aromatic ring is 1. The molecule has 2 aliphatic rings. The number of nitrogens with two attached hydrogens (primary N) is 1. The number of ether oxygens (including phenoxy) is 2. The van der Waals surface area contributed by atoms with Crippen LogP contribution in [0, 0.1) is 11.7 Å². The summed E-state index contributed by atoms with van der Waals surface area (Å²) < 4.78 is 25.9. The minimum Gasteiger partial charge on any atom is -0.493 e. The molecule has 10 heteroatoms. The molecular weight excluding hydrogens is 475 g/mol. The quantitative estimate of drug-likeness (QED) is 0.523. The number of amides is 1. The molecule has 0 spiro atoms. The summed E-state index contributed by atoms with van der Waals surface area (Å²) in [5.74, 6) is 0.523. The summed E-state index contributed by atoms with van der Waals surface area (Å²) in [6, 6.07) is 11.3. The number of carbonyl (C=O) groups is 1. The third-order valence-electron chi connectivity index (χ3n) is 7.33. The van der Waals surface area contributed by atoms with Gasteiger partial charge in [-0.1, -0.05) is 30.3 Å². The van der Waals surface area contributed by atoms with Crippen LogP contribution < -0.4 is 25.4 Å². The van der Waals surface area contributed by atoms with Crippen LogP contribution in [0.3, 0.4) is 0 Å². The molecule has 3 heterocycles. The molecule has 2 aliphatic heterocycles. The molecule has 3 N–H and O–H groups in total. The van der Waals surface area contributed by atoms with Crippen molar-refractivity contribution in [2.75, 3.05) is 57.6 Å². The lowest BCUT2D eigenvalue weighted by Gasteiger charge is -2.42. The normalized spacial score (nSPS) is 20.2. The molecule has 5 rings (SSSR count). The second-order valence-corrected chi connectivity index (χ2v) is 9.61. The fourth-order valence-corrected chi connectivity index (χ4v) is 5.35. The summed E-state index contributed by atoms with van der Waals surface area (Å²) in [5, 5.41) is 3.74. The molecule has 9 nitrogen and oxygen atoms in total. The average molecular weight is 509 g/mol. The van der Waals surface area contributed by atoms with E-state index in [1.54, 1.807) is 6.07 Å². The molecule has 37 heavy (non-hydrogen) atoms. The van der Waals surface area contributed by atoms with E-state index in [-0.39, 0.29) is 34.8 Å². The number of fused-ring (bicyclic) bond motifs is 1. The number of nitrogens with one attached hydrogen (secondary N) is 1. The van der Waals surface area contributed by atoms with Crippen LogP contribution in [0.2, 0.25) is 0 Å². The van der Waals surface area contributed by atoms with Crippen LogP contribution in [-0.2, 0) is 4.79 Å². The lowest BCUT2D eigenvalue weighted by atomic mass is 9.95. The fraction of sp³-hybridized carbons (Fsp3) is 0.444. The zero-order valence-corrected chi connectivity index (χ0v) is 21.2. The summed E-state index contributed by atoms with van der Waals surface area (Å²) in [4.78, 5) is 26.3. The number of methoxy groups -OCH3 is 2. The Balaban J connectivity index is 1.48. The van der Waals surface area contributed by atoms with Crippen molar-refractivity contribution in [3.63, 3.8) is 0 Å². The number of piperazine rings is 1. The largest absolute Gasteiger partial charge is 0.493 e. The fourth-order valence-electron chi connectivity index (χ4n) is 5.35. The monoisotopic (exact) mass is 508 g/mol. The molecule has 0 unspecified atom stereocenters. The van der Waals surface area contributed by atoms with Gasteiger partial charge in [-0.3, -0.25) is 4.79 Å². The van der Waals surface area contributed by atoms with E-state index >= 15 is 4.39 Å². The van der Waals surface area contributed by atoms with E-state index in [9.17, 15) is 4.79 Å². The molecule has 0 saturated carbocycles. The second kappa shape index (κ2) is 10.8. The molecule has 0 bridgehead atoms. The Labute approximate surface area is 215 Å². The van der Waals surface area contributed by atoms with Crippen LogP contribution >= 0.6 is 0 Å². The lowest BCUT2D eigenvalue weighted by Crippen LogP contribution is -2.51. The van der Waals surface area contributed by atoms with Crippen molar-refractivity contribution in [1.82, 2.24) is 20.2 Å². The number of nitrogens with zero attached hydrogens (tertiary/aromatic N) is 4. The van der Waals surface area contributed by atoms with Crippen molar-refractivity contribution in [3.05, 3.63) is 47.8 Å². The van der Waals surface area contributed by atoms with Gasteiger partial charge < -0.3 is 30.3 Å². The predicted octanol–water partition coefficient (Wildman–Crippen LogP) is 3.15. The van der Waals surface area contributed by atoms with E-state index < -0.39 is 5.82 Å². The molecule has 3 aromatic rings. The zero-order valence-electron chi connectivity index (χ0n) is 21.2. The average Bonchev–Trinajstić information content (AvgIpc) is 2.94. The maximum atomic E-state index is 15.4. The number of benzene rings is 2. The summed E-state index contributed by atoms with van der Waals surface area (Å²) in [6.45, 7) is 3.41. The SMILES string of the molecule is COc1cc2c(N)nc(N3CCN(C(=O)C[C@@H]4CCCNC4)C[C@@H]3c3ccccc3)nc2c(F)c1OC. The molecule has 196 valence electrons. The molecular formula is C27H33FN6O3. The van der Waals surface area contributed by atoms with Gasteiger partial charge in [-0.2, -0.15) is 4.98 Å². The lowest BCUT2D eigenvalue weighted by molar-refractivity contribution is -0.133. The van der Waals surface area contributed by atoms with Gasteiger partial charge in [0.1, 0.15) is 11.3 Å². The van der Waals surface area contributed by atoms with E-state index in [4.69, 9.17) is 15.2 Å². The molecule has 1 aromatic heterocycles. The van der Waals surface area contributed by atoms with Gasteiger partial charge in [0, 0.05) is 31.4 Å². The first-order chi connectivity index (χ1) is 18.0. The maximum Gasteiger partial charge on any atom is 0.228 e. The van der Waals surface area contributed by atoms with E-state index in [1.807, 2.05) is 40.1 Å².